The first-order valence-corrected chi connectivity index (χ1v) is 7.90. The molecular weight excluding hydrogens is 306 g/mol. The lowest BCUT2D eigenvalue weighted by molar-refractivity contribution is 0.0917. The topological polar surface area (TPSA) is 93.8 Å². The van der Waals surface area contributed by atoms with E-state index in [1.54, 1.807) is 18.6 Å². The van der Waals surface area contributed by atoms with Crippen LogP contribution in [0, 0.1) is 0 Å². The third-order valence-corrected chi connectivity index (χ3v) is 5.16. The van der Waals surface area contributed by atoms with Gasteiger partial charge in [0.05, 0.1) is 11.2 Å². The maximum atomic E-state index is 12.5. The molecule has 3 aromatic rings. The predicted octanol–water partition coefficient (Wildman–Crippen LogP) is 2.40. The molecule has 0 aromatic carbocycles. The molecule has 0 atom stereocenters. The first-order valence-electron chi connectivity index (χ1n) is 6.20. The molecule has 108 valence electrons. The fraction of sp³-hybridized carbons (Fsp3) is 0.231. The van der Waals surface area contributed by atoms with E-state index in [4.69, 9.17) is 5.73 Å². The molecule has 0 radical (unpaired) electrons. The fourth-order valence-electron chi connectivity index (χ4n) is 1.94. The van der Waals surface area contributed by atoms with E-state index >= 15 is 0 Å². The molecule has 0 saturated carbocycles. The standard InChI is InChI=1S/C13H13N5OS2/c1-13(2,12-17-5-6-20-12)18-10(19)9-7(14)8-11(21-9)16-4-3-15-8/h3-6H,14H2,1-2H3,(H,18,19). The molecule has 3 aromatic heterocycles. The van der Waals surface area contributed by atoms with Gasteiger partial charge in [-0.3, -0.25) is 4.79 Å². The second kappa shape index (κ2) is 5.05. The van der Waals surface area contributed by atoms with E-state index in [-0.39, 0.29) is 5.91 Å². The van der Waals surface area contributed by atoms with Crippen LogP contribution in [0.5, 0.6) is 0 Å². The van der Waals surface area contributed by atoms with E-state index in [2.05, 4.69) is 20.3 Å². The van der Waals surface area contributed by atoms with Crippen molar-refractivity contribution >= 4 is 44.6 Å². The number of amides is 1. The molecule has 3 N–H and O–H groups in total. The average molecular weight is 319 g/mol. The van der Waals surface area contributed by atoms with Crippen molar-refractivity contribution in [3.05, 3.63) is 33.9 Å². The maximum Gasteiger partial charge on any atom is 0.264 e. The molecule has 0 aliphatic rings. The van der Waals surface area contributed by atoms with Crippen molar-refractivity contribution in [2.45, 2.75) is 19.4 Å². The minimum atomic E-state index is -0.561. The van der Waals surface area contributed by atoms with Gasteiger partial charge in [-0.15, -0.1) is 22.7 Å². The number of carbonyl (C=O) groups excluding carboxylic acids is 1. The van der Waals surface area contributed by atoms with E-state index < -0.39 is 5.54 Å². The minimum absolute atomic E-state index is 0.238. The minimum Gasteiger partial charge on any atom is -0.396 e. The van der Waals surface area contributed by atoms with Gasteiger partial charge < -0.3 is 11.1 Å². The van der Waals surface area contributed by atoms with Gasteiger partial charge in [0.25, 0.3) is 5.91 Å². The van der Waals surface area contributed by atoms with Crippen molar-refractivity contribution in [1.29, 1.82) is 0 Å². The summed E-state index contributed by atoms with van der Waals surface area (Å²) in [6, 6.07) is 0. The Bertz CT molecular complexity index is 794. The monoisotopic (exact) mass is 319 g/mol. The van der Waals surface area contributed by atoms with Gasteiger partial charge in [-0.25, -0.2) is 15.0 Å². The van der Waals surface area contributed by atoms with E-state index in [9.17, 15) is 4.79 Å². The van der Waals surface area contributed by atoms with Crippen LogP contribution >= 0.6 is 22.7 Å². The Kier molecular flexibility index (Phi) is 3.34. The number of rotatable bonds is 3. The Balaban J connectivity index is 1.93. The summed E-state index contributed by atoms with van der Waals surface area (Å²) in [4.78, 5) is 26.2. The molecule has 3 rings (SSSR count). The van der Waals surface area contributed by atoms with Crippen LogP contribution in [0.2, 0.25) is 0 Å². The van der Waals surface area contributed by atoms with E-state index in [1.165, 1.54) is 22.7 Å². The zero-order chi connectivity index (χ0) is 15.0. The van der Waals surface area contributed by atoms with E-state index in [0.717, 1.165) is 5.01 Å². The summed E-state index contributed by atoms with van der Waals surface area (Å²) in [7, 11) is 0. The van der Waals surface area contributed by atoms with Crippen LogP contribution in [-0.4, -0.2) is 20.9 Å². The summed E-state index contributed by atoms with van der Waals surface area (Å²) >= 11 is 2.74. The quantitative estimate of drug-likeness (QED) is 0.773. The van der Waals surface area contributed by atoms with Crippen LogP contribution < -0.4 is 11.1 Å². The zero-order valence-corrected chi connectivity index (χ0v) is 13.1. The second-order valence-corrected chi connectivity index (χ2v) is 6.86. The number of fused-ring (bicyclic) bond motifs is 1. The number of anilines is 1. The van der Waals surface area contributed by atoms with Crippen LogP contribution in [0.4, 0.5) is 5.69 Å². The number of carbonyl (C=O) groups is 1. The van der Waals surface area contributed by atoms with Crippen molar-refractivity contribution in [3.8, 4) is 0 Å². The van der Waals surface area contributed by atoms with Crippen LogP contribution in [-0.2, 0) is 5.54 Å². The van der Waals surface area contributed by atoms with Crippen LogP contribution in [0.1, 0.15) is 28.5 Å². The molecule has 8 heteroatoms. The summed E-state index contributed by atoms with van der Waals surface area (Å²) in [5.74, 6) is -0.238. The van der Waals surface area contributed by atoms with Crippen LogP contribution in [0.15, 0.2) is 24.0 Å². The lowest BCUT2D eigenvalue weighted by Gasteiger charge is -2.23. The number of nitrogens with two attached hydrogens (primary N) is 1. The summed E-state index contributed by atoms with van der Waals surface area (Å²) in [5.41, 5.74) is 6.39. The molecule has 1 amide bonds. The molecule has 0 saturated heterocycles. The Morgan fingerprint density at radius 3 is 2.67 bits per heavy atom. The summed E-state index contributed by atoms with van der Waals surface area (Å²) in [5, 5.41) is 5.68. The molecular formula is C13H13N5OS2. The summed E-state index contributed by atoms with van der Waals surface area (Å²) in [6.07, 6.45) is 4.86. The average Bonchev–Trinajstić information content (AvgIpc) is 3.07. The zero-order valence-electron chi connectivity index (χ0n) is 11.5. The Labute approximate surface area is 129 Å². The second-order valence-electron chi connectivity index (χ2n) is 4.97. The van der Waals surface area contributed by atoms with Crippen molar-refractivity contribution in [2.75, 3.05) is 5.73 Å². The molecule has 0 unspecified atom stereocenters. The highest BCUT2D eigenvalue weighted by atomic mass is 32.1. The van der Waals surface area contributed by atoms with Crippen molar-refractivity contribution in [2.24, 2.45) is 0 Å². The highest BCUT2D eigenvalue weighted by Gasteiger charge is 2.28. The van der Waals surface area contributed by atoms with E-state index in [1.807, 2.05) is 19.2 Å². The number of nitrogens with zero attached hydrogens (tertiary/aromatic N) is 3. The number of thiazole rings is 1. The van der Waals surface area contributed by atoms with Gasteiger partial charge in [-0.1, -0.05) is 0 Å². The lowest BCUT2D eigenvalue weighted by atomic mass is 10.1. The van der Waals surface area contributed by atoms with Gasteiger partial charge in [0.15, 0.2) is 0 Å². The summed E-state index contributed by atoms with van der Waals surface area (Å²) in [6.45, 7) is 3.81. The number of thiophene rings is 1. The third-order valence-electron chi connectivity index (χ3n) is 2.96. The largest absolute Gasteiger partial charge is 0.396 e. The predicted molar refractivity (Wildman–Crippen MR) is 84.4 cm³/mol. The van der Waals surface area contributed by atoms with Crippen molar-refractivity contribution in [3.63, 3.8) is 0 Å². The van der Waals surface area contributed by atoms with Crippen LogP contribution in [0.25, 0.3) is 10.3 Å². The number of hydrogen-bond donors (Lipinski definition) is 2. The summed E-state index contributed by atoms with van der Waals surface area (Å²) < 4.78 is 0. The van der Waals surface area contributed by atoms with Crippen LogP contribution in [0.3, 0.4) is 0 Å². The highest BCUT2D eigenvalue weighted by molar-refractivity contribution is 7.21. The molecule has 0 fully saturated rings. The fourth-order valence-corrected chi connectivity index (χ4v) is 3.57. The van der Waals surface area contributed by atoms with E-state index in [0.29, 0.717) is 20.9 Å². The molecule has 3 heterocycles. The lowest BCUT2D eigenvalue weighted by Crippen LogP contribution is -2.40. The number of nitrogen functional groups attached to an aromatic ring is 1. The number of nitrogens with one attached hydrogen (secondary N) is 1. The molecule has 21 heavy (non-hydrogen) atoms. The third kappa shape index (κ3) is 2.47. The van der Waals surface area contributed by atoms with Gasteiger partial charge in [-0.2, -0.15) is 0 Å². The Morgan fingerprint density at radius 2 is 2.00 bits per heavy atom. The molecule has 0 bridgehead atoms. The Morgan fingerprint density at radius 1 is 1.24 bits per heavy atom. The van der Waals surface area contributed by atoms with Gasteiger partial charge in [0.2, 0.25) is 0 Å². The smallest absolute Gasteiger partial charge is 0.264 e. The Hall–Kier alpha value is -2.06. The van der Waals surface area contributed by atoms with Crippen molar-refractivity contribution in [1.82, 2.24) is 20.3 Å². The maximum absolute atomic E-state index is 12.5. The number of hydrogen-bond acceptors (Lipinski definition) is 7. The molecule has 0 aliphatic carbocycles. The van der Waals surface area contributed by atoms with Gasteiger partial charge in [-0.05, 0) is 13.8 Å². The first-order chi connectivity index (χ1) is 9.99. The van der Waals surface area contributed by atoms with Gasteiger partial charge in [0, 0.05) is 24.0 Å². The molecule has 6 nitrogen and oxygen atoms in total. The van der Waals surface area contributed by atoms with Gasteiger partial charge in [0.1, 0.15) is 20.2 Å². The van der Waals surface area contributed by atoms with Crippen molar-refractivity contribution < 1.29 is 4.79 Å². The number of aromatic nitrogens is 3. The normalized spacial score (nSPS) is 11.7. The van der Waals surface area contributed by atoms with Gasteiger partial charge >= 0.3 is 0 Å². The molecule has 0 aliphatic heterocycles. The highest BCUT2D eigenvalue weighted by Crippen LogP contribution is 2.31. The SMILES string of the molecule is CC(C)(NC(=O)c1sc2nccnc2c1N)c1nccs1. The first kappa shape index (κ1) is 13.9. The molecule has 0 spiro atoms.